The van der Waals surface area contributed by atoms with Crippen LogP contribution in [0.15, 0.2) is 42.5 Å². The van der Waals surface area contributed by atoms with E-state index in [0.717, 1.165) is 0 Å². The molecule has 9 heteroatoms. The molecule has 0 saturated heterocycles. The van der Waals surface area contributed by atoms with Gasteiger partial charge in [-0.3, -0.25) is 4.79 Å². The third-order valence-electron chi connectivity index (χ3n) is 3.55. The normalized spacial score (nSPS) is 11.3. The molecule has 0 aliphatic heterocycles. The molecular weight excluding hydrogens is 421 g/mol. The van der Waals surface area contributed by atoms with Gasteiger partial charge in [-0.15, -0.1) is 0 Å². The molecule has 0 spiro atoms. The third-order valence-corrected chi connectivity index (χ3v) is 4.09. The third kappa shape index (κ3) is 6.96. The van der Waals surface area contributed by atoms with Gasteiger partial charge in [-0.1, -0.05) is 23.2 Å². The van der Waals surface area contributed by atoms with Crippen molar-refractivity contribution in [3.05, 3.63) is 58.1 Å². The Hall–Kier alpha value is -2.77. The average Bonchev–Trinajstić information content (AvgIpc) is 2.69. The van der Waals surface area contributed by atoms with Crippen molar-refractivity contribution in [2.24, 2.45) is 0 Å². The molecule has 0 radical (unpaired) electrons. The summed E-state index contributed by atoms with van der Waals surface area (Å²) in [5.41, 5.74) is 0.805. The lowest BCUT2D eigenvalue weighted by molar-refractivity contribution is -0.153. The number of hydrogen-bond donors (Lipinski definition) is 1. The molecule has 1 atom stereocenters. The van der Waals surface area contributed by atoms with E-state index in [2.05, 4.69) is 5.32 Å². The number of anilines is 1. The van der Waals surface area contributed by atoms with Gasteiger partial charge in [0.2, 0.25) is 0 Å². The highest BCUT2D eigenvalue weighted by Gasteiger charge is 2.19. The number of rotatable bonds is 8. The van der Waals surface area contributed by atoms with Crippen LogP contribution in [0, 0.1) is 0 Å². The van der Waals surface area contributed by atoms with E-state index < -0.39 is 30.6 Å². The van der Waals surface area contributed by atoms with Crippen molar-refractivity contribution in [2.45, 2.75) is 20.0 Å². The van der Waals surface area contributed by atoms with Crippen LogP contribution in [0.5, 0.6) is 5.75 Å². The molecule has 2 aromatic rings. The van der Waals surface area contributed by atoms with Gasteiger partial charge in [0, 0.05) is 10.7 Å². The van der Waals surface area contributed by atoms with Gasteiger partial charge in [0.1, 0.15) is 5.75 Å². The van der Waals surface area contributed by atoms with E-state index >= 15 is 0 Å². The van der Waals surface area contributed by atoms with Crippen LogP contribution < -0.4 is 10.1 Å². The first-order valence-electron chi connectivity index (χ1n) is 8.65. The van der Waals surface area contributed by atoms with E-state index in [9.17, 15) is 14.4 Å². The quantitative estimate of drug-likeness (QED) is 0.621. The molecule has 2 rings (SSSR count). The Bertz CT molecular complexity index is 885. The van der Waals surface area contributed by atoms with Gasteiger partial charge in [-0.05, 0) is 56.3 Å². The summed E-state index contributed by atoms with van der Waals surface area (Å²) in [4.78, 5) is 35.6. The standard InChI is InChI=1S/C20H19Cl2NO6/c1-3-27-20(26)13-4-7-15(8-5-13)23-18(24)11-28-19(25)12(2)29-17-9-6-14(21)10-16(17)22/h4-10,12H,3,11H2,1-2H3,(H,23,24)/t12-/m1/s1. The second-order valence-electron chi connectivity index (χ2n) is 5.79. The number of carbonyl (C=O) groups excluding carboxylic acids is 3. The molecule has 0 unspecified atom stereocenters. The number of carbonyl (C=O) groups is 3. The number of halogens is 2. The fourth-order valence-corrected chi connectivity index (χ4v) is 2.62. The maximum Gasteiger partial charge on any atom is 0.347 e. The predicted octanol–water partition coefficient (Wildman–Crippen LogP) is 4.12. The van der Waals surface area contributed by atoms with Crippen molar-refractivity contribution in [1.82, 2.24) is 0 Å². The summed E-state index contributed by atoms with van der Waals surface area (Å²) in [6.07, 6.45) is -0.981. The first-order valence-corrected chi connectivity index (χ1v) is 9.41. The Morgan fingerprint density at radius 2 is 1.72 bits per heavy atom. The van der Waals surface area contributed by atoms with E-state index in [1.165, 1.54) is 31.2 Å². The lowest BCUT2D eigenvalue weighted by Gasteiger charge is -2.15. The average molecular weight is 440 g/mol. The van der Waals surface area contributed by atoms with Crippen LogP contribution in [0.2, 0.25) is 10.0 Å². The smallest absolute Gasteiger partial charge is 0.347 e. The Kier molecular flexibility index (Phi) is 8.30. The van der Waals surface area contributed by atoms with Crippen LogP contribution in [0.25, 0.3) is 0 Å². The van der Waals surface area contributed by atoms with Crippen LogP contribution >= 0.6 is 23.2 Å². The predicted molar refractivity (Wildman–Crippen MR) is 109 cm³/mol. The summed E-state index contributed by atoms with van der Waals surface area (Å²) in [5, 5.41) is 3.24. The molecule has 29 heavy (non-hydrogen) atoms. The molecular formula is C20H19Cl2NO6. The maximum atomic E-state index is 12.0. The lowest BCUT2D eigenvalue weighted by atomic mass is 10.2. The number of esters is 2. The molecule has 0 bridgehead atoms. The summed E-state index contributed by atoms with van der Waals surface area (Å²) in [5.74, 6) is -1.46. The van der Waals surface area contributed by atoms with Crippen molar-refractivity contribution < 1.29 is 28.6 Å². The zero-order valence-electron chi connectivity index (χ0n) is 15.7. The minimum absolute atomic E-state index is 0.251. The summed E-state index contributed by atoms with van der Waals surface area (Å²) in [6, 6.07) is 10.7. The van der Waals surface area contributed by atoms with Gasteiger partial charge < -0.3 is 19.5 Å². The van der Waals surface area contributed by atoms with Gasteiger partial charge in [-0.25, -0.2) is 9.59 Å². The van der Waals surface area contributed by atoms with Crippen molar-refractivity contribution in [3.63, 3.8) is 0 Å². The highest BCUT2D eigenvalue weighted by Crippen LogP contribution is 2.28. The Morgan fingerprint density at radius 1 is 1.03 bits per heavy atom. The monoisotopic (exact) mass is 439 g/mol. The van der Waals surface area contributed by atoms with Crippen molar-refractivity contribution in [1.29, 1.82) is 0 Å². The number of benzene rings is 2. The number of nitrogens with one attached hydrogen (secondary N) is 1. The molecule has 1 N–H and O–H groups in total. The zero-order chi connectivity index (χ0) is 21.4. The fourth-order valence-electron chi connectivity index (χ4n) is 2.16. The molecule has 1 amide bonds. The van der Waals surface area contributed by atoms with Gasteiger partial charge in [0.15, 0.2) is 12.7 Å². The summed E-state index contributed by atoms with van der Waals surface area (Å²) in [7, 11) is 0. The summed E-state index contributed by atoms with van der Waals surface area (Å²) in [6.45, 7) is 2.96. The molecule has 0 heterocycles. The second kappa shape index (κ2) is 10.7. The van der Waals surface area contributed by atoms with E-state index in [0.29, 0.717) is 16.3 Å². The minimum Gasteiger partial charge on any atom is -0.477 e. The SMILES string of the molecule is CCOC(=O)c1ccc(NC(=O)COC(=O)[C@@H](C)Oc2ccc(Cl)cc2Cl)cc1. The van der Waals surface area contributed by atoms with Gasteiger partial charge >= 0.3 is 11.9 Å². The molecule has 0 aliphatic rings. The van der Waals surface area contributed by atoms with Crippen LogP contribution in [0.1, 0.15) is 24.2 Å². The fraction of sp³-hybridized carbons (Fsp3) is 0.250. The molecule has 0 saturated carbocycles. The lowest BCUT2D eigenvalue weighted by Crippen LogP contribution is -2.29. The van der Waals surface area contributed by atoms with E-state index in [1.807, 2.05) is 0 Å². The van der Waals surface area contributed by atoms with Crippen molar-refractivity contribution in [3.8, 4) is 5.75 Å². The van der Waals surface area contributed by atoms with Crippen molar-refractivity contribution >= 4 is 46.7 Å². The van der Waals surface area contributed by atoms with Gasteiger partial charge in [0.25, 0.3) is 5.91 Å². The molecule has 2 aromatic carbocycles. The first kappa shape index (κ1) is 22.5. The van der Waals surface area contributed by atoms with Crippen LogP contribution in [0.3, 0.4) is 0 Å². The summed E-state index contributed by atoms with van der Waals surface area (Å²) >= 11 is 11.8. The molecule has 154 valence electrons. The van der Waals surface area contributed by atoms with Gasteiger partial charge in [-0.2, -0.15) is 0 Å². The van der Waals surface area contributed by atoms with Crippen LogP contribution in [0.4, 0.5) is 5.69 Å². The second-order valence-corrected chi connectivity index (χ2v) is 6.63. The Labute approximate surface area is 177 Å². The summed E-state index contributed by atoms with van der Waals surface area (Å²) < 4.78 is 15.3. The van der Waals surface area contributed by atoms with Crippen molar-refractivity contribution in [2.75, 3.05) is 18.5 Å². The van der Waals surface area contributed by atoms with Gasteiger partial charge in [0.05, 0.1) is 17.2 Å². The molecule has 0 aromatic heterocycles. The van der Waals surface area contributed by atoms with E-state index in [1.54, 1.807) is 25.1 Å². The highest BCUT2D eigenvalue weighted by molar-refractivity contribution is 6.35. The van der Waals surface area contributed by atoms with E-state index in [4.69, 9.17) is 37.4 Å². The Balaban J connectivity index is 1.82. The zero-order valence-corrected chi connectivity index (χ0v) is 17.3. The number of ether oxygens (including phenoxy) is 3. The number of hydrogen-bond acceptors (Lipinski definition) is 6. The minimum atomic E-state index is -0.981. The van der Waals surface area contributed by atoms with Crippen LogP contribution in [-0.2, 0) is 19.1 Å². The largest absolute Gasteiger partial charge is 0.477 e. The highest BCUT2D eigenvalue weighted by atomic mass is 35.5. The van der Waals surface area contributed by atoms with E-state index in [-0.39, 0.29) is 17.4 Å². The topological polar surface area (TPSA) is 90.9 Å². The first-order chi connectivity index (χ1) is 13.8. The maximum absolute atomic E-state index is 12.0. The number of amides is 1. The molecule has 0 fully saturated rings. The molecule has 7 nitrogen and oxygen atoms in total. The molecule has 0 aliphatic carbocycles. The van der Waals surface area contributed by atoms with Crippen LogP contribution in [-0.4, -0.2) is 37.2 Å². The Morgan fingerprint density at radius 3 is 2.34 bits per heavy atom.